The van der Waals surface area contributed by atoms with Gasteiger partial charge in [-0.2, -0.15) is 5.10 Å². The number of nitrogens with zero attached hydrogens (tertiary/aromatic N) is 4. The Labute approximate surface area is 209 Å². The minimum absolute atomic E-state index is 0.0477. The smallest absolute Gasteiger partial charge is 0.223 e. The normalized spacial score (nSPS) is 15.1. The third kappa shape index (κ3) is 4.39. The molecule has 1 aliphatic rings. The summed E-state index contributed by atoms with van der Waals surface area (Å²) in [5.74, 6) is 0.229. The standard InChI is InChI=1S/C31H23FN4/c32-26-18-16-24(17-19-26)28-20-27(22-10-4-1-5-11-22)33-31(34-28)36-30(25-14-8-3-9-15-25)21-29(35-36)23-12-6-2-7-13-23/h1-20,30H,21H2/t30-/m0/s1. The molecule has 0 N–H and O–H groups in total. The van der Waals surface area contributed by atoms with Crippen LogP contribution in [-0.2, 0) is 0 Å². The third-order valence-electron chi connectivity index (χ3n) is 6.33. The van der Waals surface area contributed by atoms with E-state index >= 15 is 0 Å². The molecule has 0 spiro atoms. The first-order valence-corrected chi connectivity index (χ1v) is 11.9. The number of hydrogen-bond donors (Lipinski definition) is 0. The Hall–Kier alpha value is -4.64. The van der Waals surface area contributed by atoms with E-state index in [2.05, 4.69) is 24.3 Å². The molecule has 0 saturated heterocycles. The van der Waals surface area contributed by atoms with Gasteiger partial charge >= 0.3 is 0 Å². The van der Waals surface area contributed by atoms with Crippen LogP contribution in [0.1, 0.15) is 23.6 Å². The zero-order valence-corrected chi connectivity index (χ0v) is 19.5. The van der Waals surface area contributed by atoms with E-state index in [4.69, 9.17) is 15.1 Å². The van der Waals surface area contributed by atoms with Gasteiger partial charge in [-0.1, -0.05) is 91.0 Å². The van der Waals surface area contributed by atoms with Crippen LogP contribution in [-0.4, -0.2) is 15.7 Å². The van der Waals surface area contributed by atoms with E-state index < -0.39 is 0 Å². The lowest BCUT2D eigenvalue weighted by atomic mass is 9.98. The molecule has 0 aliphatic carbocycles. The second-order valence-corrected chi connectivity index (χ2v) is 8.70. The fraction of sp³-hybridized carbons (Fsp3) is 0.0645. The van der Waals surface area contributed by atoms with Gasteiger partial charge in [0.15, 0.2) is 0 Å². The molecule has 0 unspecified atom stereocenters. The average molecular weight is 471 g/mol. The van der Waals surface area contributed by atoms with Crippen molar-refractivity contribution >= 4 is 11.7 Å². The Morgan fingerprint density at radius 2 is 1.14 bits per heavy atom. The minimum atomic E-state index is -0.280. The monoisotopic (exact) mass is 470 g/mol. The van der Waals surface area contributed by atoms with E-state index in [-0.39, 0.29) is 11.9 Å². The molecule has 0 amide bonds. The van der Waals surface area contributed by atoms with E-state index in [1.165, 1.54) is 12.1 Å². The lowest BCUT2D eigenvalue weighted by Crippen LogP contribution is -2.21. The molecule has 1 aliphatic heterocycles. The molecule has 174 valence electrons. The van der Waals surface area contributed by atoms with Crippen LogP contribution in [0.2, 0.25) is 0 Å². The highest BCUT2D eigenvalue weighted by molar-refractivity contribution is 6.03. The summed E-state index contributed by atoms with van der Waals surface area (Å²) in [6.07, 6.45) is 0.735. The van der Waals surface area contributed by atoms with Gasteiger partial charge in [0.1, 0.15) is 5.82 Å². The molecule has 5 heteroatoms. The van der Waals surface area contributed by atoms with Crippen molar-refractivity contribution in [3.8, 4) is 22.5 Å². The number of halogens is 1. The number of hydrazone groups is 1. The largest absolute Gasteiger partial charge is 0.247 e. The van der Waals surface area contributed by atoms with E-state index in [0.29, 0.717) is 11.6 Å². The topological polar surface area (TPSA) is 41.4 Å². The summed E-state index contributed by atoms with van der Waals surface area (Å²) in [7, 11) is 0. The molecule has 5 aromatic rings. The average Bonchev–Trinajstić information content (AvgIpc) is 3.40. The summed E-state index contributed by atoms with van der Waals surface area (Å²) >= 11 is 0. The molecule has 4 aromatic carbocycles. The number of hydrogen-bond acceptors (Lipinski definition) is 4. The van der Waals surface area contributed by atoms with Crippen LogP contribution in [0.25, 0.3) is 22.5 Å². The maximum absolute atomic E-state index is 13.7. The van der Waals surface area contributed by atoms with Gasteiger partial charge in [0.2, 0.25) is 5.95 Å². The molecular formula is C31H23FN4. The van der Waals surface area contributed by atoms with Crippen LogP contribution in [0.4, 0.5) is 10.3 Å². The highest BCUT2D eigenvalue weighted by Gasteiger charge is 2.32. The van der Waals surface area contributed by atoms with Gasteiger partial charge in [0, 0.05) is 17.5 Å². The number of anilines is 1. The van der Waals surface area contributed by atoms with E-state index in [9.17, 15) is 4.39 Å². The molecular weight excluding hydrogens is 447 g/mol. The van der Waals surface area contributed by atoms with E-state index in [1.54, 1.807) is 12.1 Å². The van der Waals surface area contributed by atoms with Crippen molar-refractivity contribution in [2.24, 2.45) is 5.10 Å². The molecule has 36 heavy (non-hydrogen) atoms. The zero-order valence-electron chi connectivity index (χ0n) is 19.5. The summed E-state index contributed by atoms with van der Waals surface area (Å²) in [4.78, 5) is 9.90. The van der Waals surface area contributed by atoms with Crippen molar-refractivity contribution in [1.82, 2.24) is 9.97 Å². The molecule has 4 nitrogen and oxygen atoms in total. The first kappa shape index (κ1) is 21.9. The first-order valence-electron chi connectivity index (χ1n) is 11.9. The zero-order chi connectivity index (χ0) is 24.3. The third-order valence-corrected chi connectivity index (χ3v) is 6.33. The van der Waals surface area contributed by atoms with Gasteiger partial charge in [-0.25, -0.2) is 19.4 Å². The lowest BCUT2D eigenvalue weighted by Gasteiger charge is -2.23. The van der Waals surface area contributed by atoms with Gasteiger partial charge in [0.25, 0.3) is 0 Å². The van der Waals surface area contributed by atoms with Crippen LogP contribution < -0.4 is 5.01 Å². The second kappa shape index (κ2) is 9.55. The Kier molecular flexibility index (Phi) is 5.80. The van der Waals surface area contributed by atoms with Crippen molar-refractivity contribution in [3.63, 3.8) is 0 Å². The van der Waals surface area contributed by atoms with Crippen molar-refractivity contribution in [2.45, 2.75) is 12.5 Å². The van der Waals surface area contributed by atoms with Crippen LogP contribution in [0, 0.1) is 5.82 Å². The maximum atomic E-state index is 13.7. The lowest BCUT2D eigenvalue weighted by molar-refractivity contribution is 0.628. The van der Waals surface area contributed by atoms with Crippen LogP contribution >= 0.6 is 0 Å². The molecule has 0 bridgehead atoms. The van der Waals surface area contributed by atoms with E-state index in [1.807, 2.05) is 77.8 Å². The highest BCUT2D eigenvalue weighted by Crippen LogP contribution is 2.37. The predicted octanol–water partition coefficient (Wildman–Crippen LogP) is 7.31. The Balaban J connectivity index is 1.51. The number of aromatic nitrogens is 2. The SMILES string of the molecule is Fc1ccc(-c2cc(-c3ccccc3)nc(N3N=C(c4ccccc4)C[C@H]3c3ccccc3)n2)cc1. The summed E-state index contributed by atoms with van der Waals surface area (Å²) in [5, 5.41) is 6.96. The molecule has 6 rings (SSSR count). The van der Waals surface area contributed by atoms with Gasteiger partial charge in [0.05, 0.1) is 23.1 Å². The molecule has 1 aromatic heterocycles. The quantitative estimate of drug-likeness (QED) is 0.270. The van der Waals surface area contributed by atoms with Crippen LogP contribution in [0.3, 0.4) is 0 Å². The van der Waals surface area contributed by atoms with Gasteiger partial charge < -0.3 is 0 Å². The minimum Gasteiger partial charge on any atom is -0.223 e. The summed E-state index contributed by atoms with van der Waals surface area (Å²) < 4.78 is 13.7. The number of benzene rings is 4. The fourth-order valence-corrected chi connectivity index (χ4v) is 4.50. The summed E-state index contributed by atoms with van der Waals surface area (Å²) in [6.45, 7) is 0. The number of rotatable bonds is 5. The Bertz CT molecular complexity index is 1500. The molecule has 0 radical (unpaired) electrons. The van der Waals surface area contributed by atoms with Crippen LogP contribution in [0.15, 0.2) is 126 Å². The van der Waals surface area contributed by atoms with Crippen molar-refractivity contribution in [3.05, 3.63) is 138 Å². The fourth-order valence-electron chi connectivity index (χ4n) is 4.50. The van der Waals surface area contributed by atoms with Crippen molar-refractivity contribution in [2.75, 3.05) is 5.01 Å². The Morgan fingerprint density at radius 3 is 1.75 bits per heavy atom. The van der Waals surface area contributed by atoms with E-state index in [0.717, 1.165) is 40.1 Å². The van der Waals surface area contributed by atoms with Gasteiger partial charge in [-0.3, -0.25) is 0 Å². The first-order chi connectivity index (χ1) is 17.7. The van der Waals surface area contributed by atoms with Gasteiger partial charge in [-0.05, 0) is 41.5 Å². The second-order valence-electron chi connectivity index (χ2n) is 8.70. The molecule has 0 saturated carbocycles. The maximum Gasteiger partial charge on any atom is 0.247 e. The van der Waals surface area contributed by atoms with Crippen molar-refractivity contribution < 1.29 is 4.39 Å². The summed E-state index contributed by atoms with van der Waals surface area (Å²) in [5.41, 5.74) is 6.51. The highest BCUT2D eigenvalue weighted by atomic mass is 19.1. The summed E-state index contributed by atoms with van der Waals surface area (Å²) in [6, 6.07) is 38.8. The molecule has 0 fully saturated rings. The molecule has 1 atom stereocenters. The van der Waals surface area contributed by atoms with Crippen molar-refractivity contribution in [1.29, 1.82) is 0 Å². The Morgan fingerprint density at radius 1 is 0.611 bits per heavy atom. The molecule has 2 heterocycles. The predicted molar refractivity (Wildman–Crippen MR) is 142 cm³/mol. The van der Waals surface area contributed by atoms with Crippen LogP contribution in [0.5, 0.6) is 0 Å². The van der Waals surface area contributed by atoms with Gasteiger partial charge in [-0.15, -0.1) is 0 Å².